The van der Waals surface area contributed by atoms with Crippen molar-refractivity contribution in [3.8, 4) is 0 Å². The third-order valence-electron chi connectivity index (χ3n) is 1.62. The van der Waals surface area contributed by atoms with Crippen LogP contribution in [0, 0.1) is 0 Å². The van der Waals surface area contributed by atoms with Crippen LogP contribution in [0.5, 0.6) is 0 Å². The number of hydrogen-bond donors (Lipinski definition) is 1. The molecule has 4 heteroatoms. The first-order chi connectivity index (χ1) is 4.86. The van der Waals surface area contributed by atoms with E-state index in [-0.39, 0.29) is 12.4 Å². The van der Waals surface area contributed by atoms with Crippen molar-refractivity contribution in [1.29, 1.82) is 0 Å². The Balaban J connectivity index is 0.000000605. The molecule has 11 heavy (non-hydrogen) atoms. The van der Waals surface area contributed by atoms with E-state index in [1.54, 1.807) is 0 Å². The zero-order valence-electron chi connectivity index (χ0n) is 5.80. The highest BCUT2D eigenvalue weighted by atomic mass is 79.9. The second-order valence-electron chi connectivity index (χ2n) is 2.34. The van der Waals surface area contributed by atoms with Crippen LogP contribution in [-0.4, -0.2) is 11.5 Å². The van der Waals surface area contributed by atoms with Crippen LogP contribution >= 0.6 is 28.3 Å². The molecule has 0 saturated carbocycles. The molecule has 0 aliphatic carbocycles. The molecule has 1 N–H and O–H groups in total. The average molecular weight is 236 g/mol. The van der Waals surface area contributed by atoms with Crippen LogP contribution < -0.4 is 5.32 Å². The van der Waals surface area contributed by atoms with E-state index in [9.17, 15) is 0 Å². The van der Waals surface area contributed by atoms with Gasteiger partial charge in [0.2, 0.25) is 0 Å². The van der Waals surface area contributed by atoms with E-state index in [0.29, 0.717) is 0 Å². The van der Waals surface area contributed by atoms with Crippen molar-refractivity contribution >= 4 is 34.2 Å². The van der Waals surface area contributed by atoms with E-state index in [1.807, 2.05) is 6.20 Å². The molecule has 0 saturated heterocycles. The molecule has 0 fully saturated rings. The summed E-state index contributed by atoms with van der Waals surface area (Å²) < 4.78 is 1.06. The Morgan fingerprint density at radius 3 is 3.18 bits per heavy atom. The van der Waals surface area contributed by atoms with Crippen LogP contribution in [0.1, 0.15) is 5.56 Å². The van der Waals surface area contributed by atoms with Gasteiger partial charge in [-0.05, 0) is 34.0 Å². The van der Waals surface area contributed by atoms with E-state index in [1.165, 1.54) is 5.56 Å². The van der Waals surface area contributed by atoms with E-state index in [2.05, 4.69) is 32.3 Å². The van der Waals surface area contributed by atoms with Gasteiger partial charge in [0, 0.05) is 17.2 Å². The summed E-state index contributed by atoms with van der Waals surface area (Å²) in [4.78, 5) is 4.20. The SMILES string of the molecule is Brc1cnc2c(c1)CCN2.Cl. The zero-order valence-corrected chi connectivity index (χ0v) is 8.20. The highest BCUT2D eigenvalue weighted by Gasteiger charge is 2.09. The average Bonchev–Trinajstić information content (AvgIpc) is 2.33. The summed E-state index contributed by atoms with van der Waals surface area (Å²) in [6.07, 6.45) is 2.92. The molecule has 0 unspecified atom stereocenters. The van der Waals surface area contributed by atoms with Crippen LogP contribution in [0.25, 0.3) is 0 Å². The number of nitrogens with zero attached hydrogens (tertiary/aromatic N) is 1. The molecule has 1 aromatic rings. The van der Waals surface area contributed by atoms with Crippen LogP contribution in [0.15, 0.2) is 16.7 Å². The monoisotopic (exact) mass is 234 g/mol. The minimum absolute atomic E-state index is 0. The smallest absolute Gasteiger partial charge is 0.129 e. The maximum Gasteiger partial charge on any atom is 0.129 e. The van der Waals surface area contributed by atoms with Crippen molar-refractivity contribution in [3.63, 3.8) is 0 Å². The molecule has 2 heterocycles. The number of rotatable bonds is 0. The van der Waals surface area contributed by atoms with E-state index in [0.717, 1.165) is 23.3 Å². The lowest BCUT2D eigenvalue weighted by atomic mass is 10.2. The minimum Gasteiger partial charge on any atom is -0.370 e. The van der Waals surface area contributed by atoms with Crippen molar-refractivity contribution in [1.82, 2.24) is 4.98 Å². The molecule has 1 aliphatic heterocycles. The Bertz CT molecular complexity index is 265. The maximum atomic E-state index is 4.20. The van der Waals surface area contributed by atoms with Gasteiger partial charge in [-0.3, -0.25) is 0 Å². The lowest BCUT2D eigenvalue weighted by Gasteiger charge is -1.96. The van der Waals surface area contributed by atoms with Gasteiger partial charge in [-0.2, -0.15) is 0 Å². The van der Waals surface area contributed by atoms with Gasteiger partial charge in [-0.15, -0.1) is 12.4 Å². The van der Waals surface area contributed by atoms with Gasteiger partial charge in [0.15, 0.2) is 0 Å². The maximum absolute atomic E-state index is 4.20. The molecule has 0 bridgehead atoms. The number of anilines is 1. The van der Waals surface area contributed by atoms with Gasteiger partial charge in [0.25, 0.3) is 0 Å². The van der Waals surface area contributed by atoms with Gasteiger partial charge in [0.05, 0.1) is 0 Å². The first kappa shape index (κ1) is 8.81. The molecule has 2 rings (SSSR count). The molecule has 60 valence electrons. The lowest BCUT2D eigenvalue weighted by molar-refractivity contribution is 1.10. The number of aromatic nitrogens is 1. The topological polar surface area (TPSA) is 24.9 Å². The van der Waals surface area contributed by atoms with Gasteiger partial charge in [-0.25, -0.2) is 4.98 Å². The van der Waals surface area contributed by atoms with E-state index < -0.39 is 0 Å². The third kappa shape index (κ3) is 1.65. The molecule has 0 aromatic carbocycles. The fourth-order valence-electron chi connectivity index (χ4n) is 1.15. The number of nitrogens with one attached hydrogen (secondary N) is 1. The minimum atomic E-state index is 0. The normalized spacial score (nSPS) is 13.2. The molecule has 0 amide bonds. The summed E-state index contributed by atoms with van der Waals surface area (Å²) in [7, 11) is 0. The third-order valence-corrected chi connectivity index (χ3v) is 2.05. The molecule has 2 nitrogen and oxygen atoms in total. The molecule has 0 radical (unpaired) electrons. The molecule has 1 aromatic heterocycles. The van der Waals surface area contributed by atoms with Gasteiger partial charge < -0.3 is 5.32 Å². The predicted octanol–water partition coefficient (Wildman–Crippen LogP) is 2.23. The largest absolute Gasteiger partial charge is 0.370 e. The molecular formula is C7H8BrClN2. The van der Waals surface area contributed by atoms with Crippen LogP contribution in [-0.2, 0) is 6.42 Å². The van der Waals surface area contributed by atoms with Gasteiger partial charge >= 0.3 is 0 Å². The zero-order chi connectivity index (χ0) is 6.97. The number of pyridine rings is 1. The first-order valence-electron chi connectivity index (χ1n) is 3.24. The Labute approximate surface area is 79.9 Å². The standard InChI is InChI=1S/C7H7BrN2.ClH/c8-6-3-5-1-2-9-7(5)10-4-6;/h3-4H,1-2H2,(H,9,10);1H. The summed E-state index contributed by atoms with van der Waals surface area (Å²) in [5, 5.41) is 3.20. The second-order valence-corrected chi connectivity index (χ2v) is 3.25. The summed E-state index contributed by atoms with van der Waals surface area (Å²) >= 11 is 3.37. The molecule has 1 aliphatic rings. The van der Waals surface area contributed by atoms with Crippen molar-refractivity contribution in [2.75, 3.05) is 11.9 Å². The Morgan fingerprint density at radius 1 is 1.55 bits per heavy atom. The van der Waals surface area contributed by atoms with Crippen LogP contribution in [0.3, 0.4) is 0 Å². The number of hydrogen-bond acceptors (Lipinski definition) is 2. The van der Waals surface area contributed by atoms with Gasteiger partial charge in [-0.1, -0.05) is 0 Å². The van der Waals surface area contributed by atoms with Gasteiger partial charge in [0.1, 0.15) is 5.82 Å². The van der Waals surface area contributed by atoms with Crippen LogP contribution in [0.2, 0.25) is 0 Å². The second kappa shape index (κ2) is 3.41. The predicted molar refractivity (Wildman–Crippen MR) is 51.4 cm³/mol. The quantitative estimate of drug-likeness (QED) is 0.746. The molecule has 0 atom stereocenters. The fourth-order valence-corrected chi connectivity index (χ4v) is 1.53. The highest BCUT2D eigenvalue weighted by molar-refractivity contribution is 9.10. The fraction of sp³-hybridized carbons (Fsp3) is 0.286. The highest BCUT2D eigenvalue weighted by Crippen LogP contribution is 2.21. The van der Waals surface area contributed by atoms with Crippen molar-refractivity contribution < 1.29 is 0 Å². The Kier molecular flexibility index (Phi) is 2.73. The summed E-state index contributed by atoms with van der Waals surface area (Å²) in [5.74, 6) is 1.04. The summed E-state index contributed by atoms with van der Waals surface area (Å²) in [6, 6.07) is 2.11. The molecular weight excluding hydrogens is 227 g/mol. The summed E-state index contributed by atoms with van der Waals surface area (Å²) in [5.41, 5.74) is 1.31. The van der Waals surface area contributed by atoms with Crippen molar-refractivity contribution in [3.05, 3.63) is 22.3 Å². The first-order valence-corrected chi connectivity index (χ1v) is 4.04. The molecule has 0 spiro atoms. The lowest BCUT2D eigenvalue weighted by Crippen LogP contribution is -1.92. The van der Waals surface area contributed by atoms with E-state index in [4.69, 9.17) is 0 Å². The number of halogens is 2. The van der Waals surface area contributed by atoms with Crippen molar-refractivity contribution in [2.45, 2.75) is 6.42 Å². The Morgan fingerprint density at radius 2 is 2.36 bits per heavy atom. The Hall–Kier alpha value is -0.280. The van der Waals surface area contributed by atoms with Crippen molar-refractivity contribution in [2.24, 2.45) is 0 Å². The number of fused-ring (bicyclic) bond motifs is 1. The van der Waals surface area contributed by atoms with Crippen LogP contribution in [0.4, 0.5) is 5.82 Å². The van der Waals surface area contributed by atoms with E-state index >= 15 is 0 Å². The summed E-state index contributed by atoms with van der Waals surface area (Å²) in [6.45, 7) is 1.03.